The number of aliphatic carboxylic acids is 1. The first-order valence-electron chi connectivity index (χ1n) is 29.9. The molecule has 3 aromatic carbocycles. The fourth-order valence-corrected chi connectivity index (χ4v) is 11.7. The molecule has 17 nitrogen and oxygen atoms in total. The predicted molar refractivity (Wildman–Crippen MR) is 344 cm³/mol. The second-order valence-electron chi connectivity index (χ2n) is 24.8. The summed E-state index contributed by atoms with van der Waals surface area (Å²) in [6.45, 7) is 19.4. The Morgan fingerprint density at radius 2 is 0.784 bits per heavy atom. The maximum atomic E-state index is 13.4. The lowest BCUT2D eigenvalue weighted by Gasteiger charge is -2.41. The van der Waals surface area contributed by atoms with E-state index in [0.29, 0.717) is 62.3 Å². The van der Waals surface area contributed by atoms with Crippen molar-refractivity contribution in [1.82, 2.24) is 45.2 Å². The standard InChI is InChI=1S/C24H29N3O3.C19H21N3O.C16H21NO4.C8H10N2.CH2Cl2.CH4/c1-24(2,3)30-23(29)27-15-20(17-8-5-4-6-9-17)21(16-27)22(28)26-13-19(14-26)18-10-7-11-25-12-18;23-19(22-12-16(13-22)15-7-4-8-20-9-15)18-11-21-10-17(18)14-5-2-1-3-6-14;1-16(2,3)21-15(20)17-9-12(13(10-17)14(18)19)11-7-5-4-6-8-11;1-2-7(4-9-3-1)8-5-10-6-8;2-1-3;/h4-12,19-21H,13-16H2,1-3H3;1-9,16-18,21H,10-13H2;4-8,12-13H,9-10H2,1-3H3,(H,18,19);1-4,8,10H,5-6H2;1H2;1H4/t20-,21+;17-,18+;12-,13+;;;/m000.../s1. The highest BCUT2D eigenvalue weighted by molar-refractivity contribution is 6.40. The number of carbonyl (C=O) groups excluding carboxylic acids is 4. The third-order valence-electron chi connectivity index (χ3n) is 16.4. The molecule has 6 fully saturated rings. The molecular formula is C69H87Cl2N9O8. The van der Waals surface area contributed by atoms with E-state index >= 15 is 0 Å². The highest BCUT2D eigenvalue weighted by atomic mass is 35.5. The van der Waals surface area contributed by atoms with Crippen LogP contribution in [0.1, 0.15) is 118 Å². The molecule has 0 unspecified atom stereocenters. The lowest BCUT2D eigenvalue weighted by molar-refractivity contribution is -0.142. The first kappa shape index (κ1) is 68.1. The predicted octanol–water partition coefficient (Wildman–Crippen LogP) is 11.2. The molecule has 3 aromatic heterocycles. The average molecular weight is 1240 g/mol. The Labute approximate surface area is 529 Å². The summed E-state index contributed by atoms with van der Waals surface area (Å²) >= 11 is 9.53. The van der Waals surface area contributed by atoms with E-state index in [1.54, 1.807) is 38.1 Å². The zero-order valence-electron chi connectivity index (χ0n) is 50.7. The molecule has 4 amide bonds. The number of amides is 4. The number of benzene rings is 3. The van der Waals surface area contributed by atoms with E-state index in [-0.39, 0.29) is 55.0 Å². The van der Waals surface area contributed by atoms with Gasteiger partial charge in [-0.3, -0.25) is 29.3 Å². The first-order chi connectivity index (χ1) is 41.8. The number of likely N-dealkylation sites (tertiary alicyclic amines) is 4. The SMILES string of the molecule is C.CC(C)(C)OC(=O)N1C[C@@H](C(=O)N2CC(c3cccnc3)C2)[C@H](c2ccccc2)C1.CC(C)(C)OC(=O)N1C[C@@H](C(=O)O)[C@H](c2ccccc2)C1.ClCCl.O=C([C@@H]1CNC[C@H]1c1ccccc1)N1CC(c2cccnc2)C1.c1cncc(C2CNC2)c1. The summed E-state index contributed by atoms with van der Waals surface area (Å²) in [4.78, 5) is 82.0. The molecule has 3 N–H and O–H groups in total. The molecule has 6 atom stereocenters. The molecular weight excluding hydrogens is 1150 g/mol. The summed E-state index contributed by atoms with van der Waals surface area (Å²) in [6, 6.07) is 42.0. The van der Waals surface area contributed by atoms with Gasteiger partial charge in [0.15, 0.2) is 0 Å². The van der Waals surface area contributed by atoms with Crippen molar-refractivity contribution in [2.75, 3.05) is 83.9 Å². The quantitative estimate of drug-likeness (QED) is 0.116. The van der Waals surface area contributed by atoms with Crippen molar-refractivity contribution >= 4 is 53.2 Å². The van der Waals surface area contributed by atoms with Gasteiger partial charge >= 0.3 is 18.2 Å². The number of carboxylic acids is 1. The van der Waals surface area contributed by atoms with Gasteiger partial charge in [0, 0.05) is 151 Å². The number of alkyl halides is 2. The maximum absolute atomic E-state index is 13.4. The number of hydrogen-bond donors (Lipinski definition) is 3. The van der Waals surface area contributed by atoms with Gasteiger partial charge in [0.25, 0.3) is 0 Å². The summed E-state index contributed by atoms with van der Waals surface area (Å²) in [7, 11) is 0. The number of nitrogens with one attached hydrogen (secondary N) is 2. The summed E-state index contributed by atoms with van der Waals surface area (Å²) in [5.41, 5.74) is 5.92. The van der Waals surface area contributed by atoms with Crippen molar-refractivity contribution in [3.63, 3.8) is 0 Å². The van der Waals surface area contributed by atoms with Crippen LogP contribution < -0.4 is 10.6 Å². The largest absolute Gasteiger partial charge is 0.481 e. The van der Waals surface area contributed by atoms with Gasteiger partial charge in [-0.1, -0.05) is 117 Å². The van der Waals surface area contributed by atoms with Gasteiger partial charge in [-0.15, -0.1) is 23.2 Å². The number of carboxylic acid groups (broad SMARTS) is 1. The molecule has 6 aliphatic rings. The molecule has 0 radical (unpaired) electrons. The molecule has 0 saturated carbocycles. The van der Waals surface area contributed by atoms with Crippen LogP contribution in [0, 0.1) is 17.8 Å². The fourth-order valence-electron chi connectivity index (χ4n) is 11.7. The van der Waals surface area contributed by atoms with E-state index in [2.05, 4.69) is 68.1 Å². The number of halogens is 2. The minimum atomic E-state index is -0.880. The smallest absolute Gasteiger partial charge is 0.410 e. The molecule has 0 bridgehead atoms. The third kappa shape index (κ3) is 18.8. The summed E-state index contributed by atoms with van der Waals surface area (Å²) in [5.74, 6) is 0.309. The highest BCUT2D eigenvalue weighted by Gasteiger charge is 2.46. The Morgan fingerprint density at radius 1 is 0.443 bits per heavy atom. The first-order valence-corrected chi connectivity index (χ1v) is 31.0. The van der Waals surface area contributed by atoms with Crippen molar-refractivity contribution in [2.45, 2.75) is 95.7 Å². The van der Waals surface area contributed by atoms with Crippen LogP contribution in [0.3, 0.4) is 0 Å². The van der Waals surface area contributed by atoms with Crippen molar-refractivity contribution in [3.05, 3.63) is 198 Å². The lowest BCUT2D eigenvalue weighted by atomic mass is 9.85. The summed E-state index contributed by atoms with van der Waals surface area (Å²) < 4.78 is 10.9. The average Bonchev–Trinajstić information content (AvgIpc) is 3.21. The van der Waals surface area contributed by atoms with Gasteiger partial charge in [0.1, 0.15) is 11.2 Å². The second-order valence-corrected chi connectivity index (χ2v) is 25.6. The van der Waals surface area contributed by atoms with Crippen molar-refractivity contribution < 1.29 is 38.6 Å². The minimum absolute atomic E-state index is 0. The maximum Gasteiger partial charge on any atom is 0.410 e. The van der Waals surface area contributed by atoms with E-state index in [1.807, 2.05) is 140 Å². The van der Waals surface area contributed by atoms with Gasteiger partial charge in [0.2, 0.25) is 11.8 Å². The number of hydrogen-bond acceptors (Lipinski definition) is 12. The molecule has 88 heavy (non-hydrogen) atoms. The zero-order chi connectivity index (χ0) is 62.1. The Kier molecular flexibility index (Phi) is 24.9. The monoisotopic (exact) mass is 1240 g/mol. The van der Waals surface area contributed by atoms with Crippen LogP contribution in [-0.4, -0.2) is 165 Å². The molecule has 9 heterocycles. The van der Waals surface area contributed by atoms with Crippen LogP contribution in [0.2, 0.25) is 0 Å². The van der Waals surface area contributed by atoms with E-state index in [0.717, 1.165) is 50.4 Å². The molecule has 19 heteroatoms. The number of nitrogens with zero attached hydrogens (tertiary/aromatic N) is 7. The normalized spacial score (nSPS) is 21.5. The highest BCUT2D eigenvalue weighted by Crippen LogP contribution is 2.39. The Hall–Kier alpha value is -7.44. The minimum Gasteiger partial charge on any atom is -0.481 e. The van der Waals surface area contributed by atoms with Crippen molar-refractivity contribution in [2.24, 2.45) is 17.8 Å². The van der Waals surface area contributed by atoms with Crippen LogP contribution in [0.4, 0.5) is 9.59 Å². The number of aromatic nitrogens is 3. The van der Waals surface area contributed by atoms with Crippen LogP contribution in [0.15, 0.2) is 165 Å². The lowest BCUT2D eigenvalue weighted by Crippen LogP contribution is -2.51. The second kappa shape index (κ2) is 32.2. The van der Waals surface area contributed by atoms with Gasteiger partial charge < -0.3 is 44.8 Å². The van der Waals surface area contributed by atoms with E-state index in [4.69, 9.17) is 32.7 Å². The molecule has 0 aliphatic carbocycles. The van der Waals surface area contributed by atoms with Crippen molar-refractivity contribution in [3.8, 4) is 0 Å². The number of rotatable bonds is 9. The van der Waals surface area contributed by atoms with Gasteiger partial charge in [0.05, 0.1) is 23.1 Å². The Bertz CT molecular complexity index is 3110. The Morgan fingerprint density at radius 3 is 1.14 bits per heavy atom. The van der Waals surface area contributed by atoms with E-state index in [1.165, 1.54) is 27.2 Å². The van der Waals surface area contributed by atoms with Gasteiger partial charge in [-0.05, 0) is 93.1 Å². The zero-order valence-corrected chi connectivity index (χ0v) is 52.2. The van der Waals surface area contributed by atoms with E-state index in [9.17, 15) is 29.1 Å². The van der Waals surface area contributed by atoms with E-state index < -0.39 is 29.2 Å². The molecule has 0 spiro atoms. The topological polar surface area (TPSA) is 200 Å². The van der Waals surface area contributed by atoms with Crippen molar-refractivity contribution in [1.29, 1.82) is 0 Å². The fraction of sp³-hybridized carbons (Fsp3) is 0.449. The van der Waals surface area contributed by atoms with Crippen LogP contribution in [-0.2, 0) is 23.9 Å². The van der Waals surface area contributed by atoms with Gasteiger partial charge in [-0.25, -0.2) is 9.59 Å². The molecule has 6 saturated heterocycles. The van der Waals surface area contributed by atoms with Crippen LogP contribution in [0.5, 0.6) is 0 Å². The summed E-state index contributed by atoms with van der Waals surface area (Å²) in [5, 5.41) is 16.2. The third-order valence-corrected chi connectivity index (χ3v) is 16.4. The molecule has 12 rings (SSSR count). The van der Waals surface area contributed by atoms with Crippen LogP contribution >= 0.6 is 23.2 Å². The Balaban J connectivity index is 0.000000172. The molecule has 6 aromatic rings. The molecule has 470 valence electrons. The molecule has 6 aliphatic heterocycles. The number of ether oxygens (including phenoxy) is 2. The summed E-state index contributed by atoms with van der Waals surface area (Å²) in [6.07, 6.45) is 10.3. The van der Waals surface area contributed by atoms with Gasteiger partial charge in [-0.2, -0.15) is 0 Å². The number of pyridine rings is 3. The van der Waals surface area contributed by atoms with Crippen LogP contribution in [0.25, 0.3) is 0 Å². The number of carbonyl (C=O) groups is 5.